The summed E-state index contributed by atoms with van der Waals surface area (Å²) in [6.45, 7) is 2.36. The van der Waals surface area contributed by atoms with Crippen LogP contribution >= 0.6 is 0 Å². The molecule has 1 saturated heterocycles. The zero-order chi connectivity index (χ0) is 26.1. The van der Waals surface area contributed by atoms with Crippen LogP contribution in [-0.4, -0.2) is 54.1 Å². The van der Waals surface area contributed by atoms with Gasteiger partial charge in [0.25, 0.3) is 5.91 Å². The molecule has 2 aromatic rings. The maximum absolute atomic E-state index is 13.5. The Labute approximate surface area is 216 Å². The molecule has 5 rings (SSSR count). The molecule has 1 aliphatic heterocycles. The molecular weight excluding hydrogens is 468 g/mol. The molecule has 3 N–H and O–H groups in total. The Bertz CT molecular complexity index is 1270. The second kappa shape index (κ2) is 10.2. The van der Waals surface area contributed by atoms with Crippen molar-refractivity contribution in [1.29, 1.82) is 0 Å². The summed E-state index contributed by atoms with van der Waals surface area (Å²) in [7, 11) is 1.47. The molecule has 8 heteroatoms. The molecule has 0 unspecified atom stereocenters. The number of likely N-dealkylation sites (tertiary alicyclic amines) is 1. The number of hydrogen-bond donors (Lipinski definition) is 2. The molecule has 2 aliphatic carbocycles. The minimum absolute atomic E-state index is 0.0837. The molecule has 5 atom stereocenters. The largest absolute Gasteiger partial charge is 0.399 e. The highest BCUT2D eigenvalue weighted by Gasteiger charge is 2.48. The first-order chi connectivity index (χ1) is 17.9. The third-order valence-corrected chi connectivity index (χ3v) is 7.87. The lowest BCUT2D eigenvalue weighted by Gasteiger charge is -2.28. The van der Waals surface area contributed by atoms with Crippen LogP contribution in [-0.2, 0) is 14.4 Å². The Morgan fingerprint density at radius 3 is 2.51 bits per heavy atom. The lowest BCUT2D eigenvalue weighted by atomic mass is 9.88. The molecule has 8 nitrogen and oxygen atoms in total. The van der Waals surface area contributed by atoms with Crippen LogP contribution < -0.4 is 11.1 Å². The minimum Gasteiger partial charge on any atom is -0.399 e. The minimum atomic E-state index is -0.391. The number of hydrogen-bond acceptors (Lipinski definition) is 5. The van der Waals surface area contributed by atoms with Crippen LogP contribution in [0.4, 0.5) is 0 Å². The second-order valence-corrected chi connectivity index (χ2v) is 10.2. The molecule has 2 bridgehead atoms. The smallest absolute Gasteiger partial charge is 0.254 e. The SMILES string of the molecule is CON=C1C[C@@H](CC(=O)N[C@@H]2[C@H](C(N)=O)[C@H]3C=C[C@@H]2C3)N(C(=O)c2ccc(-c3ccccc3C)cc2)C1. The molecular formula is C29H32N4O4. The zero-order valence-corrected chi connectivity index (χ0v) is 21.1. The van der Waals surface area contributed by atoms with E-state index in [-0.39, 0.29) is 48.1 Å². The van der Waals surface area contributed by atoms with E-state index < -0.39 is 5.92 Å². The first-order valence-electron chi connectivity index (χ1n) is 12.7. The number of allylic oxidation sites excluding steroid dienone is 1. The van der Waals surface area contributed by atoms with Gasteiger partial charge in [0.1, 0.15) is 7.11 Å². The molecule has 0 spiro atoms. The average molecular weight is 501 g/mol. The first kappa shape index (κ1) is 24.7. The maximum atomic E-state index is 13.5. The Morgan fingerprint density at radius 1 is 1.08 bits per heavy atom. The molecule has 1 heterocycles. The summed E-state index contributed by atoms with van der Waals surface area (Å²) in [5.41, 5.74) is 10.2. The van der Waals surface area contributed by atoms with E-state index in [9.17, 15) is 14.4 Å². The standard InChI is InChI=1S/C29H32N4O4/c1-17-5-3-4-6-24(17)18-7-9-19(10-8-18)29(36)33-16-22(32-37-2)14-23(33)15-25(34)31-27-21-12-11-20(13-21)26(27)28(30)35/h3-12,20-21,23,26-27H,13-16H2,1-2H3,(H2,30,35)(H,31,34)/t20-,21+,23-,26+,27-/m0/s1. The quantitative estimate of drug-likeness (QED) is 0.449. The second-order valence-electron chi connectivity index (χ2n) is 10.2. The highest BCUT2D eigenvalue weighted by molar-refractivity contribution is 6.01. The average Bonchev–Trinajstić information content (AvgIpc) is 3.59. The van der Waals surface area contributed by atoms with E-state index in [0.29, 0.717) is 24.2 Å². The summed E-state index contributed by atoms with van der Waals surface area (Å²) in [4.78, 5) is 45.3. The summed E-state index contributed by atoms with van der Waals surface area (Å²) in [5, 5.41) is 7.11. The third kappa shape index (κ3) is 4.88. The number of nitrogens with zero attached hydrogens (tertiary/aromatic N) is 2. The normalized spacial score (nSPS) is 27.0. The fraction of sp³-hybridized carbons (Fsp3) is 0.379. The van der Waals surface area contributed by atoms with Crippen molar-refractivity contribution in [1.82, 2.24) is 10.2 Å². The fourth-order valence-electron chi connectivity index (χ4n) is 6.11. The van der Waals surface area contributed by atoms with Crippen molar-refractivity contribution < 1.29 is 19.2 Å². The predicted molar refractivity (Wildman–Crippen MR) is 140 cm³/mol. The van der Waals surface area contributed by atoms with Crippen molar-refractivity contribution in [2.45, 2.75) is 38.3 Å². The van der Waals surface area contributed by atoms with Crippen LogP contribution in [0.25, 0.3) is 11.1 Å². The fourth-order valence-corrected chi connectivity index (χ4v) is 6.11. The molecule has 2 fully saturated rings. The van der Waals surface area contributed by atoms with Gasteiger partial charge in [-0.3, -0.25) is 14.4 Å². The van der Waals surface area contributed by atoms with E-state index in [1.54, 1.807) is 4.90 Å². The van der Waals surface area contributed by atoms with Gasteiger partial charge in [0.05, 0.1) is 18.2 Å². The van der Waals surface area contributed by atoms with Crippen molar-refractivity contribution in [3.63, 3.8) is 0 Å². The van der Waals surface area contributed by atoms with Crippen molar-refractivity contribution in [2.75, 3.05) is 13.7 Å². The highest BCUT2D eigenvalue weighted by atomic mass is 16.6. The number of amides is 3. The maximum Gasteiger partial charge on any atom is 0.254 e. The van der Waals surface area contributed by atoms with Crippen LogP contribution in [0.5, 0.6) is 0 Å². The van der Waals surface area contributed by atoms with E-state index in [0.717, 1.165) is 23.1 Å². The van der Waals surface area contributed by atoms with Crippen LogP contribution in [0.15, 0.2) is 65.8 Å². The van der Waals surface area contributed by atoms with Gasteiger partial charge in [0.2, 0.25) is 11.8 Å². The van der Waals surface area contributed by atoms with Gasteiger partial charge in [-0.15, -0.1) is 0 Å². The molecule has 0 aromatic heterocycles. The van der Waals surface area contributed by atoms with Crippen LogP contribution in [0.1, 0.15) is 35.2 Å². The van der Waals surface area contributed by atoms with E-state index in [1.165, 1.54) is 7.11 Å². The number of primary amides is 1. The van der Waals surface area contributed by atoms with Crippen LogP contribution in [0.3, 0.4) is 0 Å². The molecule has 3 amide bonds. The van der Waals surface area contributed by atoms with Gasteiger partial charge < -0.3 is 20.8 Å². The number of benzene rings is 2. The van der Waals surface area contributed by atoms with E-state index in [1.807, 2.05) is 42.5 Å². The highest BCUT2D eigenvalue weighted by Crippen LogP contribution is 2.43. The molecule has 2 aromatic carbocycles. The van der Waals surface area contributed by atoms with Gasteiger partial charge >= 0.3 is 0 Å². The van der Waals surface area contributed by atoms with Gasteiger partial charge in [0.15, 0.2) is 0 Å². The van der Waals surface area contributed by atoms with Crippen molar-refractivity contribution in [3.8, 4) is 11.1 Å². The van der Waals surface area contributed by atoms with Gasteiger partial charge in [-0.25, -0.2) is 0 Å². The molecule has 1 saturated carbocycles. The van der Waals surface area contributed by atoms with Crippen molar-refractivity contribution in [3.05, 3.63) is 71.8 Å². The summed E-state index contributed by atoms with van der Waals surface area (Å²) in [6, 6.07) is 15.0. The zero-order valence-electron chi connectivity index (χ0n) is 21.1. The van der Waals surface area contributed by atoms with E-state index in [2.05, 4.69) is 35.6 Å². The third-order valence-electron chi connectivity index (χ3n) is 7.87. The predicted octanol–water partition coefficient (Wildman–Crippen LogP) is 3.06. The molecule has 3 aliphatic rings. The van der Waals surface area contributed by atoms with Gasteiger partial charge in [-0.2, -0.15) is 0 Å². The number of rotatable bonds is 7. The number of aryl methyl sites for hydroxylation is 1. The van der Waals surface area contributed by atoms with Crippen molar-refractivity contribution >= 4 is 23.4 Å². The van der Waals surface area contributed by atoms with Crippen LogP contribution in [0, 0.1) is 24.7 Å². The number of nitrogens with two attached hydrogens (primary N) is 1. The number of carbonyl (C=O) groups excluding carboxylic acids is 3. The van der Waals surface area contributed by atoms with Crippen molar-refractivity contribution in [2.24, 2.45) is 28.6 Å². The summed E-state index contributed by atoms with van der Waals surface area (Å²) in [6.07, 6.45) is 5.47. The number of oxime groups is 1. The Morgan fingerprint density at radius 2 is 1.81 bits per heavy atom. The monoisotopic (exact) mass is 500 g/mol. The van der Waals surface area contributed by atoms with Gasteiger partial charge in [-0.1, -0.05) is 53.7 Å². The summed E-state index contributed by atoms with van der Waals surface area (Å²) >= 11 is 0. The van der Waals surface area contributed by atoms with Gasteiger partial charge in [0, 0.05) is 30.5 Å². The molecule has 192 valence electrons. The Balaban J connectivity index is 1.30. The number of nitrogens with one attached hydrogen (secondary N) is 1. The Hall–Kier alpha value is -3.94. The molecule has 37 heavy (non-hydrogen) atoms. The Kier molecular flexibility index (Phi) is 6.82. The van der Waals surface area contributed by atoms with Crippen LogP contribution in [0.2, 0.25) is 0 Å². The number of carbonyl (C=O) groups is 3. The summed E-state index contributed by atoms with van der Waals surface area (Å²) in [5.74, 6) is -0.936. The van der Waals surface area contributed by atoms with E-state index >= 15 is 0 Å². The molecule has 0 radical (unpaired) electrons. The van der Waals surface area contributed by atoms with Gasteiger partial charge in [-0.05, 0) is 54.0 Å². The lowest BCUT2D eigenvalue weighted by Crippen LogP contribution is -2.49. The first-order valence-corrected chi connectivity index (χ1v) is 12.7. The number of fused-ring (bicyclic) bond motifs is 2. The van der Waals surface area contributed by atoms with E-state index in [4.69, 9.17) is 10.6 Å². The summed E-state index contributed by atoms with van der Waals surface area (Å²) < 4.78 is 0. The topological polar surface area (TPSA) is 114 Å². The lowest BCUT2D eigenvalue weighted by molar-refractivity contribution is -0.125.